The van der Waals surface area contributed by atoms with Crippen LogP contribution in [-0.2, 0) is 16.5 Å². The van der Waals surface area contributed by atoms with Gasteiger partial charge in [-0.25, -0.2) is 9.59 Å². The van der Waals surface area contributed by atoms with Crippen molar-refractivity contribution in [3.63, 3.8) is 0 Å². The second-order valence-corrected chi connectivity index (χ2v) is 2.52. The van der Waals surface area contributed by atoms with E-state index in [0.29, 0.717) is 0 Å². The number of aryl methyl sites for hydroxylation is 1. The molecule has 0 aliphatic heterocycles. The number of esters is 2. The van der Waals surface area contributed by atoms with Crippen LogP contribution in [0, 0.1) is 0 Å². The molecule has 0 unspecified atom stereocenters. The van der Waals surface area contributed by atoms with Crippen LogP contribution in [0.15, 0.2) is 6.07 Å². The lowest BCUT2D eigenvalue weighted by molar-refractivity contribution is 0.0582. The average molecular weight is 228 g/mol. The van der Waals surface area contributed by atoms with E-state index in [1.54, 1.807) is 7.05 Å². The molecule has 6 nitrogen and oxygen atoms in total. The van der Waals surface area contributed by atoms with Gasteiger partial charge < -0.3 is 9.47 Å². The molecule has 0 bridgehead atoms. The zero-order valence-corrected chi connectivity index (χ0v) is 10.1. The zero-order chi connectivity index (χ0) is 12.7. The molecule has 1 aromatic rings. The maximum Gasteiger partial charge on any atom is 0.358 e. The molecule has 1 heterocycles. The molecule has 0 saturated carbocycles. The fraction of sp³-hybridized carbons (Fsp3) is 0.500. The first kappa shape index (κ1) is 14.2. The fourth-order valence-electron chi connectivity index (χ4n) is 0.967. The lowest BCUT2D eigenvalue weighted by Gasteiger charge is -1.96. The summed E-state index contributed by atoms with van der Waals surface area (Å²) in [7, 11) is 4.04. The van der Waals surface area contributed by atoms with Gasteiger partial charge in [-0.1, -0.05) is 13.8 Å². The summed E-state index contributed by atoms with van der Waals surface area (Å²) in [6.45, 7) is 4.00. The molecule has 0 aromatic carbocycles. The van der Waals surface area contributed by atoms with Crippen molar-refractivity contribution in [2.24, 2.45) is 7.05 Å². The van der Waals surface area contributed by atoms with E-state index < -0.39 is 11.9 Å². The standard InChI is InChI=1S/C8H10N2O4.C2H6/c1-10-6(8(12)14-3)4-5(9-10)7(11)13-2;1-2/h4H,1-3H3;1-2H3. The van der Waals surface area contributed by atoms with Gasteiger partial charge in [-0.15, -0.1) is 0 Å². The molecule has 16 heavy (non-hydrogen) atoms. The Balaban J connectivity index is 0.00000106. The van der Waals surface area contributed by atoms with E-state index in [9.17, 15) is 9.59 Å². The van der Waals surface area contributed by atoms with E-state index in [2.05, 4.69) is 14.6 Å². The second kappa shape index (κ2) is 6.60. The van der Waals surface area contributed by atoms with E-state index >= 15 is 0 Å². The Morgan fingerprint density at radius 1 is 1.19 bits per heavy atom. The summed E-state index contributed by atoms with van der Waals surface area (Å²) in [5.74, 6) is -1.13. The van der Waals surface area contributed by atoms with Crippen LogP contribution in [0.2, 0.25) is 0 Å². The van der Waals surface area contributed by atoms with Crippen LogP contribution in [0.1, 0.15) is 34.8 Å². The molecule has 0 aliphatic carbocycles. The van der Waals surface area contributed by atoms with E-state index in [4.69, 9.17) is 0 Å². The van der Waals surface area contributed by atoms with Crippen molar-refractivity contribution in [1.29, 1.82) is 0 Å². The number of aromatic nitrogens is 2. The number of rotatable bonds is 2. The second-order valence-electron chi connectivity index (χ2n) is 2.52. The van der Waals surface area contributed by atoms with Crippen LogP contribution < -0.4 is 0 Å². The summed E-state index contributed by atoms with van der Waals surface area (Å²) in [4.78, 5) is 22.2. The smallest absolute Gasteiger partial charge is 0.358 e. The fourth-order valence-corrected chi connectivity index (χ4v) is 0.967. The Kier molecular flexibility index (Phi) is 5.84. The van der Waals surface area contributed by atoms with Crippen LogP contribution in [0.4, 0.5) is 0 Å². The summed E-state index contributed by atoms with van der Waals surface area (Å²) < 4.78 is 10.2. The van der Waals surface area contributed by atoms with E-state index in [-0.39, 0.29) is 11.4 Å². The van der Waals surface area contributed by atoms with E-state index in [0.717, 1.165) is 0 Å². The normalized spacial score (nSPS) is 8.81. The molecule has 0 saturated heterocycles. The summed E-state index contributed by atoms with van der Waals surface area (Å²) in [5, 5.41) is 3.79. The Bertz CT molecular complexity index is 371. The van der Waals surface area contributed by atoms with Gasteiger partial charge in [0.15, 0.2) is 5.69 Å². The van der Waals surface area contributed by atoms with Gasteiger partial charge in [0, 0.05) is 13.1 Å². The molecule has 0 N–H and O–H groups in total. The van der Waals surface area contributed by atoms with Crippen molar-refractivity contribution in [3.05, 3.63) is 17.5 Å². The van der Waals surface area contributed by atoms with Crippen molar-refractivity contribution in [3.8, 4) is 0 Å². The van der Waals surface area contributed by atoms with Gasteiger partial charge in [-0.05, 0) is 0 Å². The minimum absolute atomic E-state index is 0.0791. The third-order valence-corrected chi connectivity index (χ3v) is 1.67. The van der Waals surface area contributed by atoms with Crippen molar-refractivity contribution in [2.45, 2.75) is 13.8 Å². The van der Waals surface area contributed by atoms with Gasteiger partial charge in [-0.2, -0.15) is 5.10 Å². The quantitative estimate of drug-likeness (QED) is 0.707. The highest BCUT2D eigenvalue weighted by Crippen LogP contribution is 2.05. The molecule has 1 aromatic heterocycles. The molecule has 0 atom stereocenters. The number of carbonyl (C=O) groups excluding carboxylic acids is 2. The maximum absolute atomic E-state index is 11.1. The van der Waals surface area contributed by atoms with Gasteiger partial charge in [0.25, 0.3) is 0 Å². The minimum atomic E-state index is -0.587. The predicted octanol–water partition coefficient (Wildman–Crippen LogP) is 1.02. The van der Waals surface area contributed by atoms with Crippen molar-refractivity contribution < 1.29 is 19.1 Å². The van der Waals surface area contributed by atoms with Crippen molar-refractivity contribution in [1.82, 2.24) is 9.78 Å². The Morgan fingerprint density at radius 3 is 2.12 bits per heavy atom. The average Bonchev–Trinajstić information content (AvgIpc) is 2.72. The highest BCUT2D eigenvalue weighted by Gasteiger charge is 2.17. The molecule has 0 aliphatic rings. The first-order valence-corrected chi connectivity index (χ1v) is 4.80. The predicted molar refractivity (Wildman–Crippen MR) is 57.2 cm³/mol. The number of hydrogen-bond acceptors (Lipinski definition) is 5. The highest BCUT2D eigenvalue weighted by atomic mass is 16.5. The highest BCUT2D eigenvalue weighted by molar-refractivity contribution is 5.93. The SMILES string of the molecule is CC.COC(=O)c1cc(C(=O)OC)n(C)n1. The van der Waals surface area contributed by atoms with Gasteiger partial charge in [0.2, 0.25) is 0 Å². The topological polar surface area (TPSA) is 70.4 Å². The van der Waals surface area contributed by atoms with Gasteiger partial charge in [0.1, 0.15) is 5.69 Å². The van der Waals surface area contributed by atoms with Gasteiger partial charge >= 0.3 is 11.9 Å². The van der Waals surface area contributed by atoms with E-state index in [1.807, 2.05) is 13.8 Å². The number of ether oxygens (including phenoxy) is 2. The summed E-state index contributed by atoms with van der Waals surface area (Å²) in [6.07, 6.45) is 0. The molecule has 0 amide bonds. The zero-order valence-electron chi connectivity index (χ0n) is 10.1. The Labute approximate surface area is 94.1 Å². The Morgan fingerprint density at radius 2 is 1.69 bits per heavy atom. The van der Waals surface area contributed by atoms with Gasteiger partial charge in [0.05, 0.1) is 14.2 Å². The molecule has 0 spiro atoms. The van der Waals surface area contributed by atoms with Crippen molar-refractivity contribution >= 4 is 11.9 Å². The molecule has 1 rings (SSSR count). The summed E-state index contributed by atoms with van der Waals surface area (Å²) >= 11 is 0. The minimum Gasteiger partial charge on any atom is -0.464 e. The maximum atomic E-state index is 11.1. The van der Waals surface area contributed by atoms with Crippen molar-refractivity contribution in [2.75, 3.05) is 14.2 Å². The molecule has 90 valence electrons. The first-order valence-electron chi connectivity index (χ1n) is 4.80. The third-order valence-electron chi connectivity index (χ3n) is 1.67. The monoisotopic (exact) mass is 228 g/mol. The van der Waals surface area contributed by atoms with E-state index in [1.165, 1.54) is 25.0 Å². The Hall–Kier alpha value is -1.85. The molecule has 6 heteroatoms. The third kappa shape index (κ3) is 3.08. The van der Waals surface area contributed by atoms with Crippen LogP contribution >= 0.6 is 0 Å². The molecule has 0 fully saturated rings. The number of carbonyl (C=O) groups is 2. The molecular formula is C10H16N2O4. The lowest BCUT2D eigenvalue weighted by atomic mass is 10.3. The number of hydrogen-bond donors (Lipinski definition) is 0. The number of methoxy groups -OCH3 is 2. The summed E-state index contributed by atoms with van der Waals surface area (Å²) in [5.41, 5.74) is 0.281. The first-order chi connectivity index (χ1) is 7.60. The van der Waals surface area contributed by atoms with Crippen LogP contribution in [-0.4, -0.2) is 35.9 Å². The largest absolute Gasteiger partial charge is 0.464 e. The number of nitrogens with zero attached hydrogens (tertiary/aromatic N) is 2. The van der Waals surface area contributed by atoms with Crippen LogP contribution in [0.3, 0.4) is 0 Å². The molecular weight excluding hydrogens is 212 g/mol. The lowest BCUT2D eigenvalue weighted by Crippen LogP contribution is -2.08. The van der Waals surface area contributed by atoms with Gasteiger partial charge in [-0.3, -0.25) is 4.68 Å². The summed E-state index contributed by atoms with van der Waals surface area (Å²) in [6, 6.07) is 1.32. The molecule has 0 radical (unpaired) electrons. The van der Waals surface area contributed by atoms with Crippen LogP contribution in [0.5, 0.6) is 0 Å². The van der Waals surface area contributed by atoms with Crippen LogP contribution in [0.25, 0.3) is 0 Å².